The zero-order chi connectivity index (χ0) is 18.7. The largest absolute Gasteiger partial charge is 0.481 e. The molecule has 1 aliphatic carbocycles. The third-order valence-corrected chi connectivity index (χ3v) is 4.71. The van der Waals surface area contributed by atoms with E-state index in [4.69, 9.17) is 5.11 Å². The molecule has 1 rings (SSSR count). The molecule has 1 aliphatic rings. The predicted octanol–water partition coefficient (Wildman–Crippen LogP) is 3.25. The van der Waals surface area contributed by atoms with Gasteiger partial charge in [-0.15, -0.1) is 0 Å². The minimum atomic E-state index is -0.801. The van der Waals surface area contributed by atoms with Gasteiger partial charge in [0, 0.05) is 24.7 Å². The molecule has 0 aromatic heterocycles. The minimum Gasteiger partial charge on any atom is -0.481 e. The van der Waals surface area contributed by atoms with Gasteiger partial charge in [-0.1, -0.05) is 50.5 Å². The SMILES string of the molecule is CCCCCC(O)/C=C\[C@H]1[C@H](O)CC(=O)[C@@H]1C/C=C\CCCC(=O)O. The van der Waals surface area contributed by atoms with Gasteiger partial charge >= 0.3 is 5.97 Å². The Morgan fingerprint density at radius 2 is 2.04 bits per heavy atom. The standard InChI is InChI=1S/C20H32O5/c1-2-3-6-9-15(21)12-13-17-16(18(22)14-19(17)23)10-7-4-5-8-11-20(24)25/h4,7,12-13,15-17,19,21,23H,2-3,5-6,8-11,14H2,1H3,(H,24,25)/b7-4-,13-12-/t15?,16-,17-,19-/m1/s1. The molecule has 0 spiro atoms. The molecule has 0 aliphatic heterocycles. The number of unbranched alkanes of at least 4 members (excludes halogenated alkanes) is 3. The summed E-state index contributed by atoms with van der Waals surface area (Å²) in [6.07, 6.45) is 12.1. The number of Topliss-reactive ketones (excluding diaryl/α,β-unsaturated/α-hetero) is 1. The molecule has 0 heterocycles. The lowest BCUT2D eigenvalue weighted by atomic mass is 9.90. The summed E-state index contributed by atoms with van der Waals surface area (Å²) >= 11 is 0. The second-order valence-corrected chi connectivity index (χ2v) is 6.86. The van der Waals surface area contributed by atoms with E-state index in [1.165, 1.54) is 0 Å². The minimum absolute atomic E-state index is 0.0535. The van der Waals surface area contributed by atoms with Crippen LogP contribution in [0.3, 0.4) is 0 Å². The van der Waals surface area contributed by atoms with Gasteiger partial charge < -0.3 is 15.3 Å². The molecule has 0 aromatic rings. The summed E-state index contributed by atoms with van der Waals surface area (Å²) in [7, 11) is 0. The van der Waals surface area contributed by atoms with Gasteiger partial charge in [-0.25, -0.2) is 0 Å². The van der Waals surface area contributed by atoms with Crippen molar-refractivity contribution in [2.75, 3.05) is 0 Å². The Kier molecular flexibility index (Phi) is 10.3. The molecular weight excluding hydrogens is 320 g/mol. The molecule has 5 nitrogen and oxygen atoms in total. The van der Waals surface area contributed by atoms with Crippen LogP contribution in [0.2, 0.25) is 0 Å². The van der Waals surface area contributed by atoms with Gasteiger partial charge in [-0.2, -0.15) is 0 Å². The zero-order valence-electron chi connectivity index (χ0n) is 15.1. The van der Waals surface area contributed by atoms with Crippen LogP contribution in [-0.2, 0) is 9.59 Å². The molecule has 0 radical (unpaired) electrons. The first-order chi connectivity index (χ1) is 12.0. The molecule has 0 saturated heterocycles. The molecule has 142 valence electrons. The van der Waals surface area contributed by atoms with Crippen LogP contribution in [0.1, 0.15) is 64.7 Å². The number of carboxylic acids is 1. The Morgan fingerprint density at radius 1 is 1.28 bits per heavy atom. The highest BCUT2D eigenvalue weighted by Crippen LogP contribution is 2.33. The fraction of sp³-hybridized carbons (Fsp3) is 0.700. The lowest BCUT2D eigenvalue weighted by Crippen LogP contribution is -2.18. The molecule has 3 N–H and O–H groups in total. The maximum Gasteiger partial charge on any atom is 0.303 e. The molecule has 1 saturated carbocycles. The Hall–Kier alpha value is -1.46. The average molecular weight is 352 g/mol. The number of carbonyl (C=O) groups excluding carboxylic acids is 1. The molecule has 25 heavy (non-hydrogen) atoms. The first-order valence-electron chi connectivity index (χ1n) is 9.39. The summed E-state index contributed by atoms with van der Waals surface area (Å²) in [4.78, 5) is 22.5. The van der Waals surface area contributed by atoms with Crippen LogP contribution < -0.4 is 0 Å². The highest BCUT2D eigenvalue weighted by atomic mass is 16.4. The van der Waals surface area contributed by atoms with Crippen molar-refractivity contribution in [2.24, 2.45) is 11.8 Å². The van der Waals surface area contributed by atoms with Gasteiger partial charge in [0.1, 0.15) is 5.78 Å². The fourth-order valence-electron chi connectivity index (χ4n) is 3.22. The first kappa shape index (κ1) is 21.6. The third-order valence-electron chi connectivity index (χ3n) is 4.71. The van der Waals surface area contributed by atoms with E-state index in [9.17, 15) is 19.8 Å². The monoisotopic (exact) mass is 352 g/mol. The quantitative estimate of drug-likeness (QED) is 0.370. The van der Waals surface area contributed by atoms with Crippen LogP contribution in [-0.4, -0.2) is 39.3 Å². The van der Waals surface area contributed by atoms with Crippen molar-refractivity contribution in [2.45, 2.75) is 76.9 Å². The summed E-state index contributed by atoms with van der Waals surface area (Å²) in [6.45, 7) is 2.11. The average Bonchev–Trinajstić information content (AvgIpc) is 2.82. The van der Waals surface area contributed by atoms with Crippen molar-refractivity contribution >= 4 is 11.8 Å². The van der Waals surface area contributed by atoms with Gasteiger partial charge in [0.05, 0.1) is 12.2 Å². The van der Waals surface area contributed by atoms with Gasteiger partial charge in [-0.3, -0.25) is 9.59 Å². The number of ketones is 1. The van der Waals surface area contributed by atoms with Crippen LogP contribution in [0.15, 0.2) is 24.3 Å². The second kappa shape index (κ2) is 12.0. The van der Waals surface area contributed by atoms with Crippen molar-refractivity contribution in [3.8, 4) is 0 Å². The van der Waals surface area contributed by atoms with Gasteiger partial charge in [-0.05, 0) is 25.7 Å². The number of carbonyl (C=O) groups is 2. The van der Waals surface area contributed by atoms with Gasteiger partial charge in [0.25, 0.3) is 0 Å². The molecule has 0 bridgehead atoms. The number of aliphatic carboxylic acids is 1. The van der Waals surface area contributed by atoms with Crippen molar-refractivity contribution in [1.82, 2.24) is 0 Å². The molecule has 1 unspecified atom stereocenters. The number of carboxylic acid groups (broad SMARTS) is 1. The molecule has 1 fully saturated rings. The van der Waals surface area contributed by atoms with E-state index in [0.29, 0.717) is 25.7 Å². The van der Waals surface area contributed by atoms with Crippen LogP contribution in [0.5, 0.6) is 0 Å². The van der Waals surface area contributed by atoms with Crippen molar-refractivity contribution in [3.05, 3.63) is 24.3 Å². The van der Waals surface area contributed by atoms with Gasteiger partial charge in [0.2, 0.25) is 0 Å². The highest BCUT2D eigenvalue weighted by molar-refractivity contribution is 5.84. The van der Waals surface area contributed by atoms with Crippen molar-refractivity contribution < 1.29 is 24.9 Å². The lowest BCUT2D eigenvalue weighted by molar-refractivity contribution is -0.137. The smallest absolute Gasteiger partial charge is 0.303 e. The number of aliphatic hydroxyl groups excluding tert-OH is 2. The van der Waals surface area contributed by atoms with E-state index < -0.39 is 18.2 Å². The maximum atomic E-state index is 12.1. The molecule has 4 atom stereocenters. The molecular formula is C20H32O5. The lowest BCUT2D eigenvalue weighted by Gasteiger charge is -2.16. The first-order valence-corrected chi connectivity index (χ1v) is 9.39. The Bertz CT molecular complexity index is 469. The normalized spacial score (nSPS) is 25.2. The van der Waals surface area contributed by atoms with Crippen molar-refractivity contribution in [3.63, 3.8) is 0 Å². The van der Waals surface area contributed by atoms with E-state index in [0.717, 1.165) is 19.3 Å². The predicted molar refractivity (Wildman–Crippen MR) is 97.1 cm³/mol. The van der Waals surface area contributed by atoms with E-state index in [1.807, 2.05) is 12.2 Å². The fourth-order valence-corrected chi connectivity index (χ4v) is 3.22. The number of aliphatic hydroxyl groups is 2. The van der Waals surface area contributed by atoms with E-state index in [-0.39, 0.29) is 30.5 Å². The number of allylic oxidation sites excluding steroid dienone is 2. The van der Waals surface area contributed by atoms with Crippen LogP contribution in [0.25, 0.3) is 0 Å². The van der Waals surface area contributed by atoms with E-state index >= 15 is 0 Å². The highest BCUT2D eigenvalue weighted by Gasteiger charge is 2.39. The second-order valence-electron chi connectivity index (χ2n) is 6.86. The molecule has 5 heteroatoms. The summed E-state index contributed by atoms with van der Waals surface area (Å²) in [5.41, 5.74) is 0. The topological polar surface area (TPSA) is 94.8 Å². The summed E-state index contributed by atoms with van der Waals surface area (Å²) in [5.74, 6) is -1.26. The zero-order valence-corrected chi connectivity index (χ0v) is 15.1. The van der Waals surface area contributed by atoms with Crippen molar-refractivity contribution in [1.29, 1.82) is 0 Å². The summed E-state index contributed by atoms with van der Waals surface area (Å²) < 4.78 is 0. The number of hydrogen-bond donors (Lipinski definition) is 3. The van der Waals surface area contributed by atoms with E-state index in [2.05, 4.69) is 6.92 Å². The Labute approximate surface area is 150 Å². The number of rotatable bonds is 12. The number of hydrogen-bond acceptors (Lipinski definition) is 4. The van der Waals surface area contributed by atoms with Crippen LogP contribution >= 0.6 is 0 Å². The van der Waals surface area contributed by atoms with E-state index in [1.54, 1.807) is 12.2 Å². The molecule has 0 aromatic carbocycles. The Balaban J connectivity index is 2.48. The summed E-state index contributed by atoms with van der Waals surface area (Å²) in [5, 5.41) is 28.7. The van der Waals surface area contributed by atoms with Crippen LogP contribution in [0.4, 0.5) is 0 Å². The van der Waals surface area contributed by atoms with Crippen LogP contribution in [0, 0.1) is 11.8 Å². The Morgan fingerprint density at radius 3 is 2.72 bits per heavy atom. The third kappa shape index (κ3) is 8.45. The summed E-state index contributed by atoms with van der Waals surface area (Å²) in [6, 6.07) is 0. The maximum absolute atomic E-state index is 12.1. The molecule has 0 amide bonds. The van der Waals surface area contributed by atoms with Gasteiger partial charge in [0.15, 0.2) is 0 Å².